The van der Waals surface area contributed by atoms with Gasteiger partial charge in [0.1, 0.15) is 0 Å². The van der Waals surface area contributed by atoms with Gasteiger partial charge in [0.2, 0.25) is 10.0 Å². The van der Waals surface area contributed by atoms with Crippen molar-refractivity contribution in [3.8, 4) is 0 Å². The van der Waals surface area contributed by atoms with E-state index in [0.717, 1.165) is 29.8 Å². The molecule has 1 N–H and O–H groups in total. The van der Waals surface area contributed by atoms with Gasteiger partial charge in [-0.1, -0.05) is 26.0 Å². The average molecular weight is 335 g/mol. The molecule has 1 aromatic carbocycles. The lowest BCUT2D eigenvalue weighted by molar-refractivity contribution is 0.580. The Morgan fingerprint density at radius 3 is 2.39 bits per heavy atom. The Labute approximate surface area is 138 Å². The molecule has 1 heterocycles. The Bertz CT molecular complexity index is 747. The van der Waals surface area contributed by atoms with E-state index in [9.17, 15) is 8.42 Å². The summed E-state index contributed by atoms with van der Waals surface area (Å²) in [6.07, 6.45) is 2.66. The van der Waals surface area contributed by atoms with Crippen molar-refractivity contribution < 1.29 is 8.42 Å². The number of aromatic nitrogens is 2. The summed E-state index contributed by atoms with van der Waals surface area (Å²) in [5, 5.41) is 4.23. The largest absolute Gasteiger partial charge is 0.270 e. The lowest BCUT2D eigenvalue weighted by Gasteiger charge is -2.09. The fourth-order valence-electron chi connectivity index (χ4n) is 2.51. The molecular formula is C17H25N3O2S. The smallest absolute Gasteiger partial charge is 0.240 e. The van der Waals surface area contributed by atoms with Crippen LogP contribution < -0.4 is 4.72 Å². The molecule has 0 bridgehead atoms. The maximum Gasteiger partial charge on any atom is 0.240 e. The van der Waals surface area contributed by atoms with Gasteiger partial charge in [-0.05, 0) is 43.9 Å². The third-order valence-corrected chi connectivity index (χ3v) is 5.25. The normalized spacial score (nSPS) is 12.0. The zero-order chi connectivity index (χ0) is 17.0. The summed E-state index contributed by atoms with van der Waals surface area (Å²) in [5.41, 5.74) is 3.04. The number of hydrogen-bond acceptors (Lipinski definition) is 3. The van der Waals surface area contributed by atoms with Crippen LogP contribution in [0.15, 0.2) is 35.4 Å². The van der Waals surface area contributed by atoms with E-state index in [1.165, 1.54) is 0 Å². The van der Waals surface area contributed by atoms with Gasteiger partial charge in [0.05, 0.1) is 11.1 Å². The van der Waals surface area contributed by atoms with Gasteiger partial charge in [0.15, 0.2) is 0 Å². The van der Waals surface area contributed by atoms with Crippen LogP contribution in [0.25, 0.3) is 0 Å². The number of benzene rings is 1. The molecule has 0 aliphatic carbocycles. The maximum absolute atomic E-state index is 12.4. The van der Waals surface area contributed by atoms with Crippen molar-refractivity contribution in [1.29, 1.82) is 0 Å². The van der Waals surface area contributed by atoms with E-state index < -0.39 is 10.0 Å². The fourth-order valence-corrected chi connectivity index (χ4v) is 3.52. The molecule has 0 spiro atoms. The van der Waals surface area contributed by atoms with Gasteiger partial charge in [-0.2, -0.15) is 5.10 Å². The first-order valence-corrected chi connectivity index (χ1v) is 9.41. The van der Waals surface area contributed by atoms with Gasteiger partial charge >= 0.3 is 0 Å². The summed E-state index contributed by atoms with van der Waals surface area (Å²) in [5.74, 6) is 0.550. The standard InChI is InChI=1S/C17H25N3O2S/c1-5-20-14(4)16(11-18-20)12-19-23(21,22)17-8-6-15(7-9-17)10-13(2)3/h6-9,11,13,19H,5,10,12H2,1-4H3. The molecule has 0 atom stereocenters. The molecule has 0 radical (unpaired) electrons. The van der Waals surface area contributed by atoms with E-state index in [4.69, 9.17) is 0 Å². The van der Waals surface area contributed by atoms with Crippen molar-refractivity contribution in [2.75, 3.05) is 0 Å². The third-order valence-electron chi connectivity index (χ3n) is 3.83. The summed E-state index contributed by atoms with van der Waals surface area (Å²) in [6.45, 7) is 9.27. The van der Waals surface area contributed by atoms with Crippen molar-refractivity contribution >= 4 is 10.0 Å². The molecule has 1 aromatic heterocycles. The van der Waals surface area contributed by atoms with E-state index in [2.05, 4.69) is 23.7 Å². The second-order valence-corrected chi connectivity index (χ2v) is 7.90. The van der Waals surface area contributed by atoms with Crippen LogP contribution in [0, 0.1) is 12.8 Å². The number of rotatable bonds is 7. The fraction of sp³-hybridized carbons (Fsp3) is 0.471. The highest BCUT2D eigenvalue weighted by atomic mass is 32.2. The zero-order valence-electron chi connectivity index (χ0n) is 14.2. The van der Waals surface area contributed by atoms with Crippen LogP contribution in [0.5, 0.6) is 0 Å². The third kappa shape index (κ3) is 4.42. The van der Waals surface area contributed by atoms with Gasteiger partial charge in [-0.15, -0.1) is 0 Å². The van der Waals surface area contributed by atoms with E-state index in [1.54, 1.807) is 18.3 Å². The minimum absolute atomic E-state index is 0.252. The summed E-state index contributed by atoms with van der Waals surface area (Å²) in [4.78, 5) is 0.297. The highest BCUT2D eigenvalue weighted by molar-refractivity contribution is 7.89. The van der Waals surface area contributed by atoms with Crippen molar-refractivity contribution in [2.45, 2.75) is 52.1 Å². The van der Waals surface area contributed by atoms with Crippen molar-refractivity contribution in [2.24, 2.45) is 5.92 Å². The molecule has 0 saturated carbocycles. The van der Waals surface area contributed by atoms with E-state index >= 15 is 0 Å². The summed E-state index contributed by atoms with van der Waals surface area (Å²) in [6, 6.07) is 7.11. The van der Waals surface area contributed by atoms with Gasteiger partial charge < -0.3 is 0 Å². The molecule has 0 amide bonds. The molecular weight excluding hydrogens is 310 g/mol. The first-order valence-electron chi connectivity index (χ1n) is 7.93. The van der Waals surface area contributed by atoms with E-state index in [1.807, 2.05) is 30.7 Å². The van der Waals surface area contributed by atoms with Gasteiger partial charge in [-0.3, -0.25) is 4.68 Å². The monoisotopic (exact) mass is 335 g/mol. The number of hydrogen-bond donors (Lipinski definition) is 1. The second-order valence-electron chi connectivity index (χ2n) is 6.14. The average Bonchev–Trinajstić information content (AvgIpc) is 2.85. The number of nitrogens with zero attached hydrogens (tertiary/aromatic N) is 2. The molecule has 0 aliphatic heterocycles. The Balaban J connectivity index is 2.07. The quantitative estimate of drug-likeness (QED) is 0.846. The minimum atomic E-state index is -3.50. The number of aryl methyl sites for hydroxylation is 1. The van der Waals surface area contributed by atoms with Crippen LogP contribution in [0.1, 0.15) is 37.6 Å². The van der Waals surface area contributed by atoms with Gasteiger partial charge in [-0.25, -0.2) is 13.1 Å². The molecule has 6 heteroatoms. The Kier molecular flexibility index (Phi) is 5.59. The summed E-state index contributed by atoms with van der Waals surface area (Å²) in [7, 11) is -3.50. The van der Waals surface area contributed by atoms with Crippen LogP contribution in [0.2, 0.25) is 0 Å². The molecule has 126 valence electrons. The summed E-state index contributed by atoms with van der Waals surface area (Å²) < 4.78 is 29.3. The first-order chi connectivity index (χ1) is 10.8. The highest BCUT2D eigenvalue weighted by Crippen LogP contribution is 2.14. The Hall–Kier alpha value is -1.66. The predicted molar refractivity (Wildman–Crippen MR) is 91.6 cm³/mol. The van der Waals surface area contributed by atoms with E-state index in [0.29, 0.717) is 10.8 Å². The Morgan fingerprint density at radius 2 is 1.87 bits per heavy atom. The van der Waals surface area contributed by atoms with Crippen LogP contribution in [-0.2, 0) is 29.5 Å². The van der Waals surface area contributed by atoms with Crippen molar-refractivity contribution in [3.05, 3.63) is 47.3 Å². The minimum Gasteiger partial charge on any atom is -0.270 e. The molecule has 2 rings (SSSR count). The Morgan fingerprint density at radius 1 is 1.22 bits per heavy atom. The van der Waals surface area contributed by atoms with Crippen LogP contribution >= 0.6 is 0 Å². The van der Waals surface area contributed by atoms with Crippen LogP contribution in [-0.4, -0.2) is 18.2 Å². The highest BCUT2D eigenvalue weighted by Gasteiger charge is 2.15. The van der Waals surface area contributed by atoms with Crippen LogP contribution in [0.4, 0.5) is 0 Å². The topological polar surface area (TPSA) is 64.0 Å². The summed E-state index contributed by atoms with van der Waals surface area (Å²) >= 11 is 0. The lowest BCUT2D eigenvalue weighted by Crippen LogP contribution is -2.23. The maximum atomic E-state index is 12.4. The molecule has 0 fully saturated rings. The first kappa shape index (κ1) is 17.7. The molecule has 5 nitrogen and oxygen atoms in total. The molecule has 23 heavy (non-hydrogen) atoms. The van der Waals surface area contributed by atoms with Gasteiger partial charge in [0, 0.05) is 24.3 Å². The number of sulfonamides is 1. The molecule has 0 aliphatic rings. The molecule has 0 unspecified atom stereocenters. The van der Waals surface area contributed by atoms with Crippen molar-refractivity contribution in [1.82, 2.24) is 14.5 Å². The predicted octanol–water partition coefficient (Wildman–Crippen LogP) is 2.89. The zero-order valence-corrected chi connectivity index (χ0v) is 15.0. The second kappa shape index (κ2) is 7.27. The molecule has 0 saturated heterocycles. The molecule has 2 aromatic rings. The van der Waals surface area contributed by atoms with E-state index in [-0.39, 0.29) is 6.54 Å². The van der Waals surface area contributed by atoms with Gasteiger partial charge in [0.25, 0.3) is 0 Å². The lowest BCUT2D eigenvalue weighted by atomic mass is 10.0. The van der Waals surface area contributed by atoms with Crippen molar-refractivity contribution in [3.63, 3.8) is 0 Å². The SMILES string of the molecule is CCn1ncc(CNS(=O)(=O)c2ccc(CC(C)C)cc2)c1C. The van der Waals surface area contributed by atoms with Crippen LogP contribution in [0.3, 0.4) is 0 Å². The number of nitrogens with one attached hydrogen (secondary N) is 1.